The van der Waals surface area contributed by atoms with Crippen molar-refractivity contribution in [3.8, 4) is 0 Å². The van der Waals surface area contributed by atoms with Gasteiger partial charge in [0.2, 0.25) is 0 Å². The molecule has 1 N–H and O–H groups in total. The molecular formula is C17H15N3OS2. The normalized spacial score (nSPS) is 10.5. The van der Waals surface area contributed by atoms with Gasteiger partial charge in [-0.2, -0.15) is 0 Å². The molecule has 0 unspecified atom stereocenters. The monoisotopic (exact) mass is 341 g/mol. The third-order valence-corrected chi connectivity index (χ3v) is 5.06. The highest BCUT2D eigenvalue weighted by molar-refractivity contribution is 7.99. The van der Waals surface area contributed by atoms with Crippen molar-refractivity contribution in [2.45, 2.75) is 23.8 Å². The lowest BCUT2D eigenvalue weighted by Gasteiger charge is -2.09. The van der Waals surface area contributed by atoms with Gasteiger partial charge in [0.15, 0.2) is 5.13 Å². The third-order valence-electron chi connectivity index (χ3n) is 3.36. The van der Waals surface area contributed by atoms with Gasteiger partial charge >= 0.3 is 0 Å². The van der Waals surface area contributed by atoms with E-state index >= 15 is 0 Å². The number of anilines is 1. The fourth-order valence-corrected chi connectivity index (χ4v) is 3.49. The molecular weight excluding hydrogens is 326 g/mol. The van der Waals surface area contributed by atoms with Gasteiger partial charge < -0.3 is 0 Å². The van der Waals surface area contributed by atoms with Gasteiger partial charge in [0.1, 0.15) is 5.03 Å². The fourth-order valence-electron chi connectivity index (χ4n) is 1.98. The standard InChI is InChI=1S/C17H15N3OS2/c1-11-5-6-13(10-12(11)2)23-16-14(4-3-7-18-16)15(21)20-17-19-8-9-22-17/h3-10H,1-2H3,(H,19,20,21). The predicted molar refractivity (Wildman–Crippen MR) is 94.3 cm³/mol. The Morgan fingerprint density at radius 2 is 2.00 bits per heavy atom. The van der Waals surface area contributed by atoms with Gasteiger partial charge in [-0.1, -0.05) is 17.8 Å². The maximum Gasteiger partial charge on any atom is 0.260 e. The summed E-state index contributed by atoms with van der Waals surface area (Å²) in [6.07, 6.45) is 3.36. The lowest BCUT2D eigenvalue weighted by atomic mass is 10.1. The van der Waals surface area contributed by atoms with Crippen molar-refractivity contribution in [3.05, 3.63) is 64.8 Å². The second-order valence-corrected chi connectivity index (χ2v) is 6.95. The smallest absolute Gasteiger partial charge is 0.260 e. The molecule has 1 amide bonds. The molecule has 0 saturated carbocycles. The molecule has 0 aliphatic rings. The Morgan fingerprint density at radius 3 is 2.74 bits per heavy atom. The summed E-state index contributed by atoms with van der Waals surface area (Å²) in [6.45, 7) is 4.16. The van der Waals surface area contributed by atoms with Gasteiger partial charge in [-0.05, 0) is 49.2 Å². The molecule has 3 aromatic rings. The zero-order chi connectivity index (χ0) is 16.2. The van der Waals surface area contributed by atoms with Crippen LogP contribution in [0.3, 0.4) is 0 Å². The zero-order valence-corrected chi connectivity index (χ0v) is 14.4. The van der Waals surface area contributed by atoms with E-state index < -0.39 is 0 Å². The van der Waals surface area contributed by atoms with Crippen molar-refractivity contribution in [2.24, 2.45) is 0 Å². The van der Waals surface area contributed by atoms with Gasteiger partial charge in [-0.25, -0.2) is 9.97 Å². The number of rotatable bonds is 4. The summed E-state index contributed by atoms with van der Waals surface area (Å²) in [6, 6.07) is 9.78. The van der Waals surface area contributed by atoms with E-state index in [9.17, 15) is 4.79 Å². The summed E-state index contributed by atoms with van der Waals surface area (Å²) in [5, 5.41) is 5.89. The first kappa shape index (κ1) is 15.7. The summed E-state index contributed by atoms with van der Waals surface area (Å²) in [4.78, 5) is 21.9. The van der Waals surface area contributed by atoms with Crippen LogP contribution in [0.1, 0.15) is 21.5 Å². The number of aryl methyl sites for hydroxylation is 2. The minimum atomic E-state index is -0.195. The quantitative estimate of drug-likeness (QED) is 0.756. The maximum absolute atomic E-state index is 12.4. The van der Waals surface area contributed by atoms with E-state index in [1.165, 1.54) is 34.2 Å². The molecule has 2 heterocycles. The SMILES string of the molecule is Cc1ccc(Sc2ncccc2C(=O)Nc2nccs2)cc1C. The first-order chi connectivity index (χ1) is 11.1. The molecule has 0 atom stereocenters. The van der Waals surface area contributed by atoms with Gasteiger partial charge in [0.05, 0.1) is 5.56 Å². The molecule has 1 aromatic carbocycles. The van der Waals surface area contributed by atoms with Gasteiger partial charge in [0, 0.05) is 22.7 Å². The summed E-state index contributed by atoms with van der Waals surface area (Å²) < 4.78 is 0. The second kappa shape index (κ2) is 6.93. The van der Waals surface area contributed by atoms with Gasteiger partial charge in [0.25, 0.3) is 5.91 Å². The highest BCUT2D eigenvalue weighted by Crippen LogP contribution is 2.30. The summed E-state index contributed by atoms with van der Waals surface area (Å²) in [7, 11) is 0. The van der Waals surface area contributed by atoms with E-state index in [4.69, 9.17) is 0 Å². The van der Waals surface area contributed by atoms with Crippen molar-refractivity contribution in [1.29, 1.82) is 0 Å². The van der Waals surface area contributed by atoms with E-state index in [1.54, 1.807) is 24.5 Å². The molecule has 3 rings (SSSR count). The highest BCUT2D eigenvalue weighted by Gasteiger charge is 2.14. The number of amides is 1. The number of hydrogen-bond acceptors (Lipinski definition) is 5. The van der Waals surface area contributed by atoms with Crippen molar-refractivity contribution in [1.82, 2.24) is 9.97 Å². The molecule has 2 aromatic heterocycles. The minimum absolute atomic E-state index is 0.195. The van der Waals surface area contributed by atoms with Crippen molar-refractivity contribution in [2.75, 3.05) is 5.32 Å². The number of carbonyl (C=O) groups excluding carboxylic acids is 1. The number of thiazole rings is 1. The molecule has 0 bridgehead atoms. The van der Waals surface area contributed by atoms with Crippen LogP contribution in [-0.4, -0.2) is 15.9 Å². The van der Waals surface area contributed by atoms with E-state index in [0.29, 0.717) is 15.7 Å². The van der Waals surface area contributed by atoms with Crippen LogP contribution in [0, 0.1) is 13.8 Å². The van der Waals surface area contributed by atoms with Crippen LogP contribution in [0.15, 0.2) is 58.0 Å². The summed E-state index contributed by atoms with van der Waals surface area (Å²) in [5.74, 6) is -0.195. The van der Waals surface area contributed by atoms with Gasteiger partial charge in [-0.15, -0.1) is 11.3 Å². The molecule has 0 aliphatic carbocycles. The molecule has 23 heavy (non-hydrogen) atoms. The Hall–Kier alpha value is -2.18. The van der Waals surface area contributed by atoms with E-state index in [1.807, 2.05) is 11.4 Å². The molecule has 0 aliphatic heterocycles. The Balaban J connectivity index is 1.85. The maximum atomic E-state index is 12.4. The summed E-state index contributed by atoms with van der Waals surface area (Å²) >= 11 is 2.88. The minimum Gasteiger partial charge on any atom is -0.298 e. The lowest BCUT2D eigenvalue weighted by Crippen LogP contribution is -2.13. The molecule has 0 spiro atoms. The number of carbonyl (C=O) groups is 1. The Labute approximate surface area is 143 Å². The predicted octanol–water partition coefficient (Wildman–Crippen LogP) is 4.56. The van der Waals surface area contributed by atoms with E-state index in [0.717, 1.165) is 4.90 Å². The zero-order valence-electron chi connectivity index (χ0n) is 12.7. The lowest BCUT2D eigenvalue weighted by molar-refractivity contribution is 0.102. The Morgan fingerprint density at radius 1 is 1.13 bits per heavy atom. The number of pyridine rings is 1. The highest BCUT2D eigenvalue weighted by atomic mass is 32.2. The van der Waals surface area contributed by atoms with Crippen LogP contribution in [-0.2, 0) is 0 Å². The van der Waals surface area contributed by atoms with Crippen molar-refractivity contribution >= 4 is 34.1 Å². The number of hydrogen-bond donors (Lipinski definition) is 1. The number of aromatic nitrogens is 2. The van der Waals surface area contributed by atoms with Crippen LogP contribution < -0.4 is 5.32 Å². The number of benzene rings is 1. The van der Waals surface area contributed by atoms with Crippen LogP contribution in [0.4, 0.5) is 5.13 Å². The van der Waals surface area contributed by atoms with Gasteiger partial charge in [-0.3, -0.25) is 10.1 Å². The first-order valence-electron chi connectivity index (χ1n) is 7.04. The largest absolute Gasteiger partial charge is 0.298 e. The molecule has 116 valence electrons. The number of nitrogens with one attached hydrogen (secondary N) is 1. The first-order valence-corrected chi connectivity index (χ1v) is 8.74. The summed E-state index contributed by atoms with van der Waals surface area (Å²) in [5.41, 5.74) is 3.02. The Bertz CT molecular complexity index is 832. The van der Waals surface area contributed by atoms with Crippen LogP contribution in [0.2, 0.25) is 0 Å². The molecule has 4 nitrogen and oxygen atoms in total. The third kappa shape index (κ3) is 3.78. The average molecular weight is 341 g/mol. The average Bonchev–Trinajstić information content (AvgIpc) is 3.04. The van der Waals surface area contributed by atoms with Crippen LogP contribution in [0.5, 0.6) is 0 Å². The fraction of sp³-hybridized carbons (Fsp3) is 0.118. The topological polar surface area (TPSA) is 54.9 Å². The molecule has 0 radical (unpaired) electrons. The molecule has 6 heteroatoms. The number of nitrogens with zero attached hydrogens (tertiary/aromatic N) is 2. The van der Waals surface area contributed by atoms with Crippen LogP contribution >= 0.6 is 23.1 Å². The molecule has 0 saturated heterocycles. The second-order valence-electron chi connectivity index (χ2n) is 5.00. The van der Waals surface area contributed by atoms with E-state index in [2.05, 4.69) is 41.3 Å². The van der Waals surface area contributed by atoms with Crippen molar-refractivity contribution < 1.29 is 4.79 Å². The van der Waals surface area contributed by atoms with Crippen molar-refractivity contribution in [3.63, 3.8) is 0 Å². The van der Waals surface area contributed by atoms with Crippen LogP contribution in [0.25, 0.3) is 0 Å². The van der Waals surface area contributed by atoms with E-state index in [-0.39, 0.29) is 5.91 Å². The molecule has 0 fully saturated rings. The Kier molecular flexibility index (Phi) is 4.73.